The first kappa shape index (κ1) is 19.8. The van der Waals surface area contributed by atoms with Gasteiger partial charge in [-0.05, 0) is 41.8 Å². The number of aromatic nitrogens is 1. The smallest absolute Gasteiger partial charge is 0.250 e. The molecule has 3 aromatic rings. The SMILES string of the molecule is COc1cccc(/C=C/C(=O)Nc2nc(-c3ccc4c(c3)N(C(C)=O)CC4)cs2)c1. The van der Waals surface area contributed by atoms with Crippen molar-refractivity contribution in [3.05, 3.63) is 65.0 Å². The van der Waals surface area contributed by atoms with E-state index in [1.807, 2.05) is 47.8 Å². The molecular weight excluding hydrogens is 398 g/mol. The molecule has 0 radical (unpaired) electrons. The van der Waals surface area contributed by atoms with Gasteiger partial charge in [0.1, 0.15) is 5.75 Å². The van der Waals surface area contributed by atoms with Gasteiger partial charge in [-0.2, -0.15) is 0 Å². The molecule has 1 aliphatic rings. The number of anilines is 2. The molecule has 2 amide bonds. The zero-order valence-electron chi connectivity index (χ0n) is 16.7. The summed E-state index contributed by atoms with van der Waals surface area (Å²) >= 11 is 1.36. The van der Waals surface area contributed by atoms with E-state index in [2.05, 4.69) is 10.3 Å². The Morgan fingerprint density at radius 2 is 2.10 bits per heavy atom. The molecule has 0 aliphatic carbocycles. The molecule has 0 atom stereocenters. The Balaban J connectivity index is 1.46. The van der Waals surface area contributed by atoms with E-state index in [-0.39, 0.29) is 11.8 Å². The van der Waals surface area contributed by atoms with Gasteiger partial charge in [0.05, 0.1) is 12.8 Å². The number of methoxy groups -OCH3 is 1. The van der Waals surface area contributed by atoms with Crippen molar-refractivity contribution < 1.29 is 14.3 Å². The van der Waals surface area contributed by atoms with Gasteiger partial charge >= 0.3 is 0 Å². The minimum absolute atomic E-state index is 0.0416. The molecule has 7 heteroatoms. The van der Waals surface area contributed by atoms with Gasteiger partial charge in [0.25, 0.3) is 0 Å². The van der Waals surface area contributed by atoms with Crippen LogP contribution in [0, 0.1) is 0 Å². The summed E-state index contributed by atoms with van der Waals surface area (Å²) in [7, 11) is 1.61. The van der Waals surface area contributed by atoms with E-state index in [0.29, 0.717) is 11.7 Å². The molecule has 4 rings (SSSR count). The molecule has 0 bridgehead atoms. The topological polar surface area (TPSA) is 71.5 Å². The second-order valence-corrected chi connectivity index (χ2v) is 7.76. The predicted octanol–water partition coefficient (Wildman–Crippen LogP) is 4.38. The lowest BCUT2D eigenvalue weighted by molar-refractivity contribution is -0.116. The highest BCUT2D eigenvalue weighted by atomic mass is 32.1. The first-order valence-electron chi connectivity index (χ1n) is 9.53. The number of amides is 2. The number of hydrogen-bond donors (Lipinski definition) is 1. The Bertz CT molecular complexity index is 1140. The van der Waals surface area contributed by atoms with Gasteiger partial charge in [-0.25, -0.2) is 4.98 Å². The Labute approximate surface area is 178 Å². The zero-order valence-corrected chi connectivity index (χ0v) is 17.5. The fraction of sp³-hybridized carbons (Fsp3) is 0.174. The first-order valence-corrected chi connectivity index (χ1v) is 10.4. The Morgan fingerprint density at radius 3 is 2.90 bits per heavy atom. The van der Waals surface area contributed by atoms with E-state index in [0.717, 1.165) is 34.7 Å². The van der Waals surface area contributed by atoms with Crippen LogP contribution in [-0.4, -0.2) is 30.5 Å². The third kappa shape index (κ3) is 4.26. The number of hydrogen-bond acceptors (Lipinski definition) is 5. The summed E-state index contributed by atoms with van der Waals surface area (Å²) in [6.07, 6.45) is 4.06. The van der Waals surface area contributed by atoms with E-state index in [1.54, 1.807) is 25.0 Å². The summed E-state index contributed by atoms with van der Waals surface area (Å²) in [5, 5.41) is 5.22. The third-order valence-corrected chi connectivity index (χ3v) is 5.67. The van der Waals surface area contributed by atoms with E-state index in [9.17, 15) is 9.59 Å². The second-order valence-electron chi connectivity index (χ2n) is 6.90. The van der Waals surface area contributed by atoms with Crippen molar-refractivity contribution in [1.29, 1.82) is 0 Å². The average Bonchev–Trinajstić information content (AvgIpc) is 3.39. The van der Waals surface area contributed by atoms with Gasteiger partial charge in [-0.1, -0.05) is 24.3 Å². The number of rotatable bonds is 5. The molecule has 0 fully saturated rings. The van der Waals surface area contributed by atoms with Gasteiger partial charge in [-0.3, -0.25) is 14.9 Å². The quantitative estimate of drug-likeness (QED) is 0.623. The fourth-order valence-electron chi connectivity index (χ4n) is 3.39. The van der Waals surface area contributed by atoms with Gasteiger partial charge in [0.15, 0.2) is 5.13 Å². The molecule has 2 heterocycles. The average molecular weight is 420 g/mol. The molecule has 2 aromatic carbocycles. The van der Waals surface area contributed by atoms with Crippen molar-refractivity contribution in [2.45, 2.75) is 13.3 Å². The number of thiazole rings is 1. The number of carbonyl (C=O) groups is 2. The maximum Gasteiger partial charge on any atom is 0.250 e. The van der Waals surface area contributed by atoms with Gasteiger partial charge in [0.2, 0.25) is 11.8 Å². The Morgan fingerprint density at radius 1 is 1.23 bits per heavy atom. The Kier molecular flexibility index (Phi) is 5.63. The van der Waals surface area contributed by atoms with E-state index in [4.69, 9.17) is 4.74 Å². The Hall–Kier alpha value is -3.45. The molecular formula is C23H21N3O3S. The highest BCUT2D eigenvalue weighted by Gasteiger charge is 2.22. The summed E-state index contributed by atoms with van der Waals surface area (Å²) in [5.74, 6) is 0.523. The summed E-state index contributed by atoms with van der Waals surface area (Å²) in [5.41, 5.74) is 4.67. The molecule has 30 heavy (non-hydrogen) atoms. The van der Waals surface area contributed by atoms with Crippen LogP contribution in [-0.2, 0) is 16.0 Å². The van der Waals surface area contributed by atoms with Crippen molar-refractivity contribution in [2.24, 2.45) is 0 Å². The lowest BCUT2D eigenvalue weighted by Crippen LogP contribution is -2.25. The van der Waals surface area contributed by atoms with Gasteiger partial charge in [-0.15, -0.1) is 11.3 Å². The normalized spacial score (nSPS) is 12.8. The van der Waals surface area contributed by atoms with E-state index in [1.165, 1.54) is 23.0 Å². The summed E-state index contributed by atoms with van der Waals surface area (Å²) in [4.78, 5) is 30.4. The van der Waals surface area contributed by atoms with Crippen LogP contribution in [0.5, 0.6) is 5.75 Å². The number of ether oxygens (including phenoxy) is 1. The molecule has 0 unspecified atom stereocenters. The van der Waals surface area contributed by atoms with Crippen LogP contribution in [0.3, 0.4) is 0 Å². The number of nitrogens with zero attached hydrogens (tertiary/aromatic N) is 2. The van der Waals surface area contributed by atoms with Crippen LogP contribution in [0.2, 0.25) is 0 Å². The molecule has 1 aliphatic heterocycles. The molecule has 0 saturated heterocycles. The van der Waals surface area contributed by atoms with Crippen LogP contribution in [0.4, 0.5) is 10.8 Å². The van der Waals surface area contributed by atoms with Crippen LogP contribution in [0.25, 0.3) is 17.3 Å². The van der Waals surface area contributed by atoms with Crippen LogP contribution in [0.15, 0.2) is 53.9 Å². The van der Waals surface area contributed by atoms with Crippen molar-refractivity contribution in [2.75, 3.05) is 23.9 Å². The summed E-state index contributed by atoms with van der Waals surface area (Å²) in [6.45, 7) is 2.30. The lowest BCUT2D eigenvalue weighted by Gasteiger charge is -2.15. The highest BCUT2D eigenvalue weighted by molar-refractivity contribution is 7.14. The second kappa shape index (κ2) is 8.51. The van der Waals surface area contributed by atoms with Crippen molar-refractivity contribution in [3.63, 3.8) is 0 Å². The number of nitrogens with one attached hydrogen (secondary N) is 1. The number of benzene rings is 2. The van der Waals surface area contributed by atoms with Crippen LogP contribution < -0.4 is 15.0 Å². The van der Waals surface area contributed by atoms with E-state index >= 15 is 0 Å². The van der Waals surface area contributed by atoms with Crippen molar-refractivity contribution >= 4 is 40.0 Å². The minimum Gasteiger partial charge on any atom is -0.497 e. The third-order valence-electron chi connectivity index (χ3n) is 4.91. The lowest BCUT2D eigenvalue weighted by atomic mass is 10.1. The van der Waals surface area contributed by atoms with E-state index < -0.39 is 0 Å². The number of fused-ring (bicyclic) bond motifs is 1. The maximum absolute atomic E-state index is 12.3. The predicted molar refractivity (Wildman–Crippen MR) is 120 cm³/mol. The molecule has 6 nitrogen and oxygen atoms in total. The molecule has 0 saturated carbocycles. The van der Waals surface area contributed by atoms with Gasteiger partial charge < -0.3 is 9.64 Å². The van der Waals surface area contributed by atoms with Crippen LogP contribution in [0.1, 0.15) is 18.1 Å². The maximum atomic E-state index is 12.3. The standard InChI is InChI=1S/C23H21N3O3S/c1-15(27)26-11-10-17-7-8-18(13-21(17)26)20-14-30-23(24-20)25-22(28)9-6-16-4-3-5-19(12-16)29-2/h3-9,12-14H,10-11H2,1-2H3,(H,24,25,28)/b9-6+. The monoisotopic (exact) mass is 419 g/mol. The largest absolute Gasteiger partial charge is 0.497 e. The minimum atomic E-state index is -0.254. The summed E-state index contributed by atoms with van der Waals surface area (Å²) in [6, 6.07) is 13.5. The van der Waals surface area contributed by atoms with Crippen molar-refractivity contribution in [1.82, 2.24) is 4.98 Å². The van der Waals surface area contributed by atoms with Crippen molar-refractivity contribution in [3.8, 4) is 17.0 Å². The van der Waals surface area contributed by atoms with Crippen LogP contribution >= 0.6 is 11.3 Å². The van der Waals surface area contributed by atoms with Gasteiger partial charge in [0, 0.05) is 36.2 Å². The summed E-state index contributed by atoms with van der Waals surface area (Å²) < 4.78 is 5.19. The highest BCUT2D eigenvalue weighted by Crippen LogP contribution is 2.34. The molecule has 1 N–H and O–H groups in total. The molecule has 0 spiro atoms. The zero-order chi connectivity index (χ0) is 21.1. The number of carbonyl (C=O) groups excluding carboxylic acids is 2. The molecule has 152 valence electrons. The fourth-order valence-corrected chi connectivity index (χ4v) is 4.12. The first-order chi connectivity index (χ1) is 14.5. The molecule has 1 aromatic heterocycles.